The summed E-state index contributed by atoms with van der Waals surface area (Å²) in [5.41, 5.74) is 8.74. The minimum absolute atomic E-state index is 0.00956. The number of halogens is 1. The van der Waals surface area contributed by atoms with Crippen molar-refractivity contribution >= 4 is 56.8 Å². The molecule has 1 aromatic carbocycles. The van der Waals surface area contributed by atoms with E-state index in [4.69, 9.17) is 26.9 Å². The number of methoxy groups -OCH3 is 1. The van der Waals surface area contributed by atoms with Crippen molar-refractivity contribution in [2.24, 2.45) is 0 Å². The van der Waals surface area contributed by atoms with Gasteiger partial charge in [-0.25, -0.2) is 14.8 Å². The molecule has 2 aromatic heterocycles. The van der Waals surface area contributed by atoms with E-state index in [0.29, 0.717) is 41.9 Å². The van der Waals surface area contributed by atoms with Crippen molar-refractivity contribution in [3.63, 3.8) is 0 Å². The monoisotopic (exact) mass is 449 g/mol. The third kappa shape index (κ3) is 4.18. The van der Waals surface area contributed by atoms with E-state index >= 15 is 0 Å². The van der Waals surface area contributed by atoms with Gasteiger partial charge in [-0.15, -0.1) is 16.4 Å². The third-order valence-corrected chi connectivity index (χ3v) is 5.72. The van der Waals surface area contributed by atoms with Gasteiger partial charge in [-0.3, -0.25) is 5.32 Å². The highest BCUT2D eigenvalue weighted by Gasteiger charge is 2.29. The molecule has 0 unspecified atom stereocenters. The molecule has 3 N–H and O–H groups in total. The number of ether oxygens (including phenoxy) is 1. The number of fused-ring (bicyclic) bond motifs is 1. The second kappa shape index (κ2) is 8.46. The maximum Gasteiger partial charge on any atom is 0.430 e. The van der Waals surface area contributed by atoms with E-state index in [0.717, 1.165) is 10.3 Å². The van der Waals surface area contributed by atoms with E-state index in [1.54, 1.807) is 35.9 Å². The van der Waals surface area contributed by atoms with E-state index in [9.17, 15) is 4.79 Å². The molecule has 3 aromatic rings. The topological polar surface area (TPSA) is 119 Å². The number of hydroxylamine groups is 2. The summed E-state index contributed by atoms with van der Waals surface area (Å²) in [6, 6.07) is 4.98. The summed E-state index contributed by atoms with van der Waals surface area (Å²) in [7, 11) is 1.54. The number of thiazole rings is 1. The van der Waals surface area contributed by atoms with Crippen LogP contribution in [-0.2, 0) is 4.84 Å². The number of hydrogen-bond acceptors (Lipinski definition) is 10. The van der Waals surface area contributed by atoms with Crippen LogP contribution < -0.4 is 20.7 Å². The van der Waals surface area contributed by atoms with Crippen LogP contribution in [0.3, 0.4) is 0 Å². The van der Waals surface area contributed by atoms with Crippen LogP contribution in [0.25, 0.3) is 10.3 Å². The van der Waals surface area contributed by atoms with Crippen molar-refractivity contribution in [2.75, 3.05) is 42.7 Å². The molecule has 0 radical (unpaired) electrons. The summed E-state index contributed by atoms with van der Waals surface area (Å²) in [6.07, 6.45) is -0.615. The lowest BCUT2D eigenvalue weighted by molar-refractivity contribution is -0.103. The maximum atomic E-state index is 12.3. The molecule has 3 heterocycles. The number of amides is 1. The standard InChI is InChI=1S/C18H20ClN7O3S/c1-10-8-25(29-18(27)22-13-4-3-11(28-2)7-12(13)19)5-6-26(10)15-14-16(30-9-21-14)24-17(20)23-15/h3-4,7,9-10H,5-6,8H2,1-2H3,(H,22,27)(H2,20,23,24)/t10-/m0/s1. The summed E-state index contributed by atoms with van der Waals surface area (Å²) in [5, 5.41) is 4.61. The normalized spacial score (nSPS) is 17.2. The highest BCUT2D eigenvalue weighted by molar-refractivity contribution is 7.16. The number of aromatic nitrogens is 3. The van der Waals surface area contributed by atoms with Crippen molar-refractivity contribution in [3.05, 3.63) is 28.7 Å². The van der Waals surface area contributed by atoms with Gasteiger partial charge in [0.05, 0.1) is 36.4 Å². The van der Waals surface area contributed by atoms with Crippen LogP contribution in [-0.4, -0.2) is 58.9 Å². The lowest BCUT2D eigenvalue weighted by Crippen LogP contribution is -2.53. The van der Waals surface area contributed by atoms with Gasteiger partial charge in [0.15, 0.2) is 10.6 Å². The number of benzene rings is 1. The van der Waals surface area contributed by atoms with Gasteiger partial charge < -0.3 is 20.2 Å². The van der Waals surface area contributed by atoms with Crippen LogP contribution in [0, 0.1) is 0 Å². The molecule has 10 nitrogen and oxygen atoms in total. The zero-order valence-electron chi connectivity index (χ0n) is 16.3. The fourth-order valence-electron chi connectivity index (χ4n) is 3.26. The summed E-state index contributed by atoms with van der Waals surface area (Å²) in [5.74, 6) is 1.51. The molecule has 1 aliphatic rings. The van der Waals surface area contributed by atoms with Crippen LogP contribution in [0.1, 0.15) is 6.92 Å². The Labute approximate surface area is 181 Å². The van der Waals surface area contributed by atoms with E-state index in [1.807, 2.05) is 6.92 Å². The predicted molar refractivity (Wildman–Crippen MR) is 116 cm³/mol. The molecule has 1 atom stereocenters. The molecule has 0 spiro atoms. The van der Waals surface area contributed by atoms with Gasteiger partial charge in [-0.05, 0) is 19.1 Å². The average Bonchev–Trinajstić information content (AvgIpc) is 3.17. The van der Waals surface area contributed by atoms with Gasteiger partial charge in [0.2, 0.25) is 5.95 Å². The number of anilines is 3. The highest BCUT2D eigenvalue weighted by Crippen LogP contribution is 2.29. The number of nitrogen functional groups attached to an aromatic ring is 1. The molecule has 12 heteroatoms. The number of carbonyl (C=O) groups is 1. The Hall–Kier alpha value is -2.89. The molecular weight excluding hydrogens is 430 g/mol. The molecule has 0 saturated carbocycles. The van der Waals surface area contributed by atoms with Crippen molar-refractivity contribution < 1.29 is 14.4 Å². The predicted octanol–water partition coefficient (Wildman–Crippen LogP) is 3.00. The van der Waals surface area contributed by atoms with Crippen LogP contribution in [0.15, 0.2) is 23.7 Å². The smallest absolute Gasteiger partial charge is 0.430 e. The van der Waals surface area contributed by atoms with Gasteiger partial charge in [0, 0.05) is 18.7 Å². The Morgan fingerprint density at radius 1 is 1.37 bits per heavy atom. The molecule has 1 saturated heterocycles. The number of hydrogen-bond donors (Lipinski definition) is 2. The van der Waals surface area contributed by atoms with Gasteiger partial charge in [-0.2, -0.15) is 4.98 Å². The first kappa shape index (κ1) is 20.4. The first-order valence-corrected chi connectivity index (χ1v) is 10.4. The van der Waals surface area contributed by atoms with Gasteiger partial charge in [-0.1, -0.05) is 11.6 Å². The minimum atomic E-state index is -0.615. The number of nitrogens with zero attached hydrogens (tertiary/aromatic N) is 5. The first-order valence-electron chi connectivity index (χ1n) is 9.15. The average molecular weight is 450 g/mol. The molecular formula is C18H20ClN7O3S. The van der Waals surface area contributed by atoms with Crippen LogP contribution >= 0.6 is 22.9 Å². The van der Waals surface area contributed by atoms with Crippen LogP contribution in [0.2, 0.25) is 5.02 Å². The Kier molecular flexibility index (Phi) is 5.75. The largest absolute Gasteiger partial charge is 0.497 e. The fraction of sp³-hybridized carbons (Fsp3) is 0.333. The second-order valence-electron chi connectivity index (χ2n) is 6.69. The van der Waals surface area contributed by atoms with Crippen molar-refractivity contribution in [1.29, 1.82) is 0 Å². The maximum absolute atomic E-state index is 12.3. The summed E-state index contributed by atoms with van der Waals surface area (Å²) < 4.78 is 5.10. The SMILES string of the molecule is COc1ccc(NC(=O)ON2CCN(c3nc(N)nc4scnc34)[C@@H](C)C2)c(Cl)c1. The third-order valence-electron chi connectivity index (χ3n) is 4.68. The summed E-state index contributed by atoms with van der Waals surface area (Å²) >= 11 is 7.58. The zero-order valence-corrected chi connectivity index (χ0v) is 17.9. The summed E-state index contributed by atoms with van der Waals surface area (Å²) in [6.45, 7) is 3.58. The molecule has 158 valence electrons. The minimum Gasteiger partial charge on any atom is -0.497 e. The quantitative estimate of drug-likeness (QED) is 0.619. The van der Waals surface area contributed by atoms with E-state index in [1.165, 1.54) is 11.3 Å². The van der Waals surface area contributed by atoms with Crippen molar-refractivity contribution in [2.45, 2.75) is 13.0 Å². The van der Waals surface area contributed by atoms with Crippen LogP contribution in [0.4, 0.5) is 22.2 Å². The molecule has 4 rings (SSSR count). The number of rotatable bonds is 4. The Morgan fingerprint density at radius 2 is 2.20 bits per heavy atom. The molecule has 1 aliphatic heterocycles. The molecule has 0 bridgehead atoms. The number of carbonyl (C=O) groups excluding carboxylic acids is 1. The summed E-state index contributed by atoms with van der Waals surface area (Å²) in [4.78, 5) is 33.6. The fourth-order valence-corrected chi connectivity index (χ4v) is 4.14. The van der Waals surface area contributed by atoms with Gasteiger partial charge >= 0.3 is 6.09 Å². The molecule has 30 heavy (non-hydrogen) atoms. The Balaban J connectivity index is 1.39. The van der Waals surface area contributed by atoms with E-state index in [-0.39, 0.29) is 12.0 Å². The number of piperazine rings is 1. The first-order chi connectivity index (χ1) is 14.4. The van der Waals surface area contributed by atoms with Crippen molar-refractivity contribution in [1.82, 2.24) is 20.0 Å². The van der Waals surface area contributed by atoms with E-state index < -0.39 is 6.09 Å². The number of nitrogens with two attached hydrogens (primary N) is 1. The molecule has 1 amide bonds. The lowest BCUT2D eigenvalue weighted by atomic mass is 10.2. The molecule has 0 aliphatic carbocycles. The van der Waals surface area contributed by atoms with Crippen molar-refractivity contribution in [3.8, 4) is 5.75 Å². The van der Waals surface area contributed by atoms with Crippen LogP contribution in [0.5, 0.6) is 5.75 Å². The highest BCUT2D eigenvalue weighted by atomic mass is 35.5. The van der Waals surface area contributed by atoms with E-state index in [2.05, 4.69) is 25.2 Å². The lowest BCUT2D eigenvalue weighted by Gasteiger charge is -2.39. The second-order valence-corrected chi connectivity index (χ2v) is 7.93. The Bertz CT molecular complexity index is 1080. The van der Waals surface area contributed by atoms with Gasteiger partial charge in [0.1, 0.15) is 11.3 Å². The van der Waals surface area contributed by atoms with Gasteiger partial charge in [0.25, 0.3) is 0 Å². The number of nitrogens with one attached hydrogen (secondary N) is 1. The Morgan fingerprint density at radius 3 is 2.93 bits per heavy atom. The molecule has 1 fully saturated rings. The zero-order chi connectivity index (χ0) is 21.3.